The minimum absolute atomic E-state index is 0.0511. The Morgan fingerprint density at radius 1 is 1.32 bits per heavy atom. The zero-order chi connectivity index (χ0) is 17.3. The molecule has 11 N–H and O–H groups in total. The van der Waals surface area contributed by atoms with E-state index in [0.717, 1.165) is 19.4 Å². The van der Waals surface area contributed by atoms with Gasteiger partial charge in [0, 0.05) is 5.57 Å². The zero-order valence-electron chi connectivity index (χ0n) is 12.5. The van der Waals surface area contributed by atoms with Crippen LogP contribution in [0.1, 0.15) is 19.8 Å². The van der Waals surface area contributed by atoms with E-state index in [9.17, 15) is 9.59 Å². The van der Waals surface area contributed by atoms with Crippen molar-refractivity contribution in [2.45, 2.75) is 31.8 Å². The van der Waals surface area contributed by atoms with Crippen LogP contribution in [0, 0.1) is 0 Å². The van der Waals surface area contributed by atoms with Crippen molar-refractivity contribution >= 4 is 17.8 Å². The van der Waals surface area contributed by atoms with Crippen molar-refractivity contribution in [1.82, 2.24) is 5.32 Å². The van der Waals surface area contributed by atoms with Crippen LogP contribution < -0.4 is 28.3 Å². The number of carboxylic acids is 2. The molecule has 1 aliphatic heterocycles. The lowest BCUT2D eigenvalue weighted by molar-refractivity contribution is -0.139. The van der Waals surface area contributed by atoms with Gasteiger partial charge in [0.1, 0.15) is 23.7 Å². The average molecular weight is 316 g/mol. The van der Waals surface area contributed by atoms with Crippen LogP contribution in [0.3, 0.4) is 0 Å². The van der Waals surface area contributed by atoms with Gasteiger partial charge in [-0.1, -0.05) is 0 Å². The molecule has 0 aromatic rings. The summed E-state index contributed by atoms with van der Waals surface area (Å²) in [5.74, 6) is -1.71. The molecule has 10 heteroatoms. The SMILES string of the molecule is CC(C(N)=NCC(N)C(=O)O)=C(N)N.O=C(O)[C@@H]1CCCN1. The molecule has 2 atom stereocenters. The third-order valence-corrected chi connectivity index (χ3v) is 2.95. The lowest BCUT2D eigenvalue weighted by atomic mass is 10.2. The van der Waals surface area contributed by atoms with Crippen molar-refractivity contribution in [3.8, 4) is 0 Å². The first-order chi connectivity index (χ1) is 10.2. The highest BCUT2D eigenvalue weighted by Gasteiger charge is 2.20. The zero-order valence-corrected chi connectivity index (χ0v) is 12.5. The van der Waals surface area contributed by atoms with E-state index in [0.29, 0.717) is 5.57 Å². The molecular weight excluding hydrogens is 292 g/mol. The van der Waals surface area contributed by atoms with Crippen molar-refractivity contribution < 1.29 is 19.8 Å². The summed E-state index contributed by atoms with van der Waals surface area (Å²) < 4.78 is 0. The van der Waals surface area contributed by atoms with E-state index >= 15 is 0 Å². The Labute approximate surface area is 128 Å². The number of nitrogens with two attached hydrogens (primary N) is 4. The number of amidine groups is 1. The molecule has 0 spiro atoms. The standard InChI is InChI=1S/C7H15N5O2.C5H9NO2/c1-3(5(9)10)6(11)12-2-4(8)7(13)14;7-5(8)4-2-1-3-6-4/h4H,2,8-10H2,1H3,(H2,11,12)(H,13,14);4,6H,1-3H2,(H,7,8)/t;4-/m.0/s1. The van der Waals surface area contributed by atoms with E-state index in [-0.39, 0.29) is 24.2 Å². The number of hydrogen-bond donors (Lipinski definition) is 7. The van der Waals surface area contributed by atoms with E-state index < -0.39 is 18.0 Å². The van der Waals surface area contributed by atoms with Crippen LogP contribution in [0.25, 0.3) is 0 Å². The molecule has 0 radical (unpaired) electrons. The maximum atomic E-state index is 10.3. The van der Waals surface area contributed by atoms with Crippen molar-refractivity contribution in [3.63, 3.8) is 0 Å². The van der Waals surface area contributed by atoms with Crippen molar-refractivity contribution in [3.05, 3.63) is 11.4 Å². The summed E-state index contributed by atoms with van der Waals surface area (Å²) in [6.45, 7) is 2.34. The Morgan fingerprint density at radius 3 is 2.23 bits per heavy atom. The van der Waals surface area contributed by atoms with Gasteiger partial charge >= 0.3 is 11.9 Å². The Hall–Kier alpha value is -2.33. The molecule has 0 aromatic carbocycles. The number of carbonyl (C=O) groups is 2. The Bertz CT molecular complexity index is 453. The molecule has 0 saturated carbocycles. The number of aliphatic carboxylic acids is 2. The molecule has 22 heavy (non-hydrogen) atoms. The molecule has 126 valence electrons. The lowest BCUT2D eigenvalue weighted by Gasteiger charge is -2.05. The highest BCUT2D eigenvalue weighted by molar-refractivity contribution is 5.97. The van der Waals surface area contributed by atoms with E-state index in [2.05, 4.69) is 10.3 Å². The Morgan fingerprint density at radius 2 is 1.91 bits per heavy atom. The largest absolute Gasteiger partial charge is 0.480 e. The molecule has 0 bridgehead atoms. The highest BCUT2D eigenvalue weighted by atomic mass is 16.4. The second-order valence-electron chi connectivity index (χ2n) is 4.74. The van der Waals surface area contributed by atoms with Gasteiger partial charge in [0.15, 0.2) is 0 Å². The first-order valence-electron chi connectivity index (χ1n) is 6.63. The van der Waals surface area contributed by atoms with Crippen LogP contribution >= 0.6 is 0 Å². The highest BCUT2D eigenvalue weighted by Crippen LogP contribution is 2.03. The summed E-state index contributed by atoms with van der Waals surface area (Å²) in [7, 11) is 0. The van der Waals surface area contributed by atoms with Crippen LogP contribution in [0.4, 0.5) is 0 Å². The normalized spacial score (nSPS) is 18.8. The van der Waals surface area contributed by atoms with Gasteiger partial charge in [0.2, 0.25) is 0 Å². The molecular formula is C12H24N6O4. The summed E-state index contributed by atoms with van der Waals surface area (Å²) in [5.41, 5.74) is 21.6. The molecule has 1 saturated heterocycles. The molecule has 1 unspecified atom stereocenters. The third-order valence-electron chi connectivity index (χ3n) is 2.95. The molecule has 1 aliphatic rings. The number of aliphatic imine (C=N–C) groups is 1. The van der Waals surface area contributed by atoms with Gasteiger partial charge in [-0.05, 0) is 26.3 Å². The molecule has 1 heterocycles. The summed E-state index contributed by atoms with van der Waals surface area (Å²) in [5, 5.41) is 19.7. The van der Waals surface area contributed by atoms with E-state index in [1.165, 1.54) is 0 Å². The second kappa shape index (κ2) is 9.58. The fourth-order valence-electron chi connectivity index (χ4n) is 1.44. The van der Waals surface area contributed by atoms with Gasteiger partial charge in [-0.15, -0.1) is 0 Å². The minimum Gasteiger partial charge on any atom is -0.480 e. The fraction of sp³-hybridized carbons (Fsp3) is 0.583. The maximum Gasteiger partial charge on any atom is 0.322 e. The molecule has 0 amide bonds. The fourth-order valence-corrected chi connectivity index (χ4v) is 1.44. The van der Waals surface area contributed by atoms with Crippen molar-refractivity contribution in [1.29, 1.82) is 0 Å². The molecule has 10 nitrogen and oxygen atoms in total. The van der Waals surface area contributed by atoms with E-state index in [1.807, 2.05) is 0 Å². The summed E-state index contributed by atoms with van der Waals surface area (Å²) >= 11 is 0. The molecule has 0 aliphatic carbocycles. The van der Waals surface area contributed by atoms with Gasteiger partial charge in [0.05, 0.1) is 6.54 Å². The van der Waals surface area contributed by atoms with E-state index in [1.54, 1.807) is 6.92 Å². The Balaban J connectivity index is 0.000000461. The number of hydrogen-bond acceptors (Lipinski definition) is 7. The van der Waals surface area contributed by atoms with Crippen molar-refractivity contribution in [2.75, 3.05) is 13.1 Å². The van der Waals surface area contributed by atoms with Crippen LogP contribution in [-0.4, -0.2) is 53.2 Å². The first-order valence-corrected chi connectivity index (χ1v) is 6.63. The third kappa shape index (κ3) is 7.45. The summed E-state index contributed by atoms with van der Waals surface area (Å²) in [4.78, 5) is 24.2. The van der Waals surface area contributed by atoms with Gasteiger partial charge in [0.25, 0.3) is 0 Å². The van der Waals surface area contributed by atoms with Crippen molar-refractivity contribution in [2.24, 2.45) is 27.9 Å². The Kier molecular flexibility index (Phi) is 8.56. The molecule has 0 aromatic heterocycles. The number of carboxylic acid groups (broad SMARTS) is 2. The first kappa shape index (κ1) is 19.7. The van der Waals surface area contributed by atoms with E-state index in [4.69, 9.17) is 33.1 Å². The number of nitrogens with one attached hydrogen (secondary N) is 1. The van der Waals surface area contributed by atoms with Crippen LogP contribution in [0.2, 0.25) is 0 Å². The predicted molar refractivity (Wildman–Crippen MR) is 81.8 cm³/mol. The number of rotatable bonds is 5. The average Bonchev–Trinajstić information content (AvgIpc) is 2.98. The second-order valence-corrected chi connectivity index (χ2v) is 4.74. The predicted octanol–water partition coefficient (Wildman–Crippen LogP) is -2.27. The number of nitrogens with zero attached hydrogens (tertiary/aromatic N) is 1. The monoisotopic (exact) mass is 316 g/mol. The van der Waals surface area contributed by atoms with Gasteiger partial charge in [-0.2, -0.15) is 0 Å². The van der Waals surface area contributed by atoms with Crippen LogP contribution in [-0.2, 0) is 9.59 Å². The summed E-state index contributed by atoms with van der Waals surface area (Å²) in [6, 6.07) is -1.34. The lowest BCUT2D eigenvalue weighted by Crippen LogP contribution is -2.34. The molecule has 1 rings (SSSR count). The maximum absolute atomic E-state index is 10.3. The van der Waals surface area contributed by atoms with Crippen LogP contribution in [0.5, 0.6) is 0 Å². The minimum atomic E-state index is -1.14. The summed E-state index contributed by atoms with van der Waals surface area (Å²) in [6.07, 6.45) is 1.78. The molecule has 1 fully saturated rings. The topological polar surface area (TPSA) is 203 Å². The van der Waals surface area contributed by atoms with Gasteiger partial charge in [-0.25, -0.2) is 0 Å². The van der Waals surface area contributed by atoms with Gasteiger partial charge < -0.3 is 38.5 Å². The van der Waals surface area contributed by atoms with Gasteiger partial charge in [-0.3, -0.25) is 14.6 Å². The quantitative estimate of drug-likeness (QED) is 0.215. The van der Waals surface area contributed by atoms with Crippen LogP contribution in [0.15, 0.2) is 16.4 Å². The smallest absolute Gasteiger partial charge is 0.322 e.